The maximum atomic E-state index is 12.5. The van der Waals surface area contributed by atoms with E-state index >= 15 is 0 Å². The van der Waals surface area contributed by atoms with Gasteiger partial charge in [-0.05, 0) is 61.2 Å². The van der Waals surface area contributed by atoms with Crippen molar-refractivity contribution in [2.75, 3.05) is 6.54 Å². The number of carbonyl (C=O) groups is 1. The van der Waals surface area contributed by atoms with E-state index in [4.69, 9.17) is 4.74 Å². The van der Waals surface area contributed by atoms with Crippen LogP contribution in [0.25, 0.3) is 0 Å². The van der Waals surface area contributed by atoms with Gasteiger partial charge < -0.3 is 14.4 Å². The first-order valence-corrected chi connectivity index (χ1v) is 13.4. The molecule has 36 heavy (non-hydrogen) atoms. The molecule has 2 atom stereocenters. The zero-order valence-electron chi connectivity index (χ0n) is 20.6. The van der Waals surface area contributed by atoms with Crippen LogP contribution in [0.2, 0.25) is 0 Å². The Morgan fingerprint density at radius 1 is 1.14 bits per heavy atom. The molecule has 1 aliphatic rings. The van der Waals surface area contributed by atoms with Gasteiger partial charge in [-0.2, -0.15) is 4.31 Å². The summed E-state index contributed by atoms with van der Waals surface area (Å²) in [5.74, 6) is -1.03. The van der Waals surface area contributed by atoms with Crippen LogP contribution in [0, 0.1) is 6.92 Å². The van der Waals surface area contributed by atoms with Gasteiger partial charge in [-0.3, -0.25) is 18.7 Å². The number of pyridine rings is 1. The van der Waals surface area contributed by atoms with Crippen molar-refractivity contribution in [2.45, 2.75) is 57.2 Å². The van der Waals surface area contributed by atoms with E-state index < -0.39 is 22.7 Å². The number of fused-ring (bicyclic) bond motifs is 1. The number of carboxylic acid groups (broad SMARTS) is 1. The van der Waals surface area contributed by atoms with E-state index in [2.05, 4.69) is 0 Å². The fourth-order valence-corrected chi connectivity index (χ4v) is 6.25. The number of nitrogens with zero attached hydrogens (tertiary/aromatic N) is 2. The van der Waals surface area contributed by atoms with Crippen LogP contribution in [0.1, 0.15) is 48.4 Å². The van der Waals surface area contributed by atoms with Crippen molar-refractivity contribution < 1.29 is 23.7 Å². The van der Waals surface area contributed by atoms with Crippen molar-refractivity contribution in [1.29, 1.82) is 0 Å². The van der Waals surface area contributed by atoms with Gasteiger partial charge >= 0.3 is 5.97 Å². The largest absolute Gasteiger partial charge is 0.487 e. The van der Waals surface area contributed by atoms with Crippen LogP contribution in [0.4, 0.5) is 0 Å². The van der Waals surface area contributed by atoms with Gasteiger partial charge in [0.25, 0.3) is 5.56 Å². The number of aliphatic carboxylic acids is 1. The fraction of sp³-hybridized carbons (Fsp3) is 0.333. The van der Waals surface area contributed by atoms with Gasteiger partial charge in [0, 0.05) is 31.3 Å². The highest BCUT2D eigenvalue weighted by molar-refractivity contribution is 8.22. The Balaban J connectivity index is 1.72. The molecule has 0 aliphatic carbocycles. The Morgan fingerprint density at radius 3 is 2.56 bits per heavy atom. The molecule has 0 spiro atoms. The number of benzene rings is 2. The van der Waals surface area contributed by atoms with Crippen molar-refractivity contribution >= 4 is 16.7 Å². The number of ether oxygens (including phenoxy) is 1. The summed E-state index contributed by atoms with van der Waals surface area (Å²) in [6.45, 7) is 6.76. The molecule has 3 aromatic rings. The van der Waals surface area contributed by atoms with Crippen molar-refractivity contribution in [2.24, 2.45) is 0 Å². The van der Waals surface area contributed by atoms with E-state index in [0.717, 1.165) is 16.7 Å². The van der Waals surface area contributed by atoms with Crippen molar-refractivity contribution in [3.05, 3.63) is 93.4 Å². The number of aromatic nitrogens is 1. The van der Waals surface area contributed by atoms with Gasteiger partial charge in [0.1, 0.15) is 16.7 Å². The Labute approximate surface area is 212 Å². The van der Waals surface area contributed by atoms with E-state index in [1.165, 1.54) is 6.07 Å². The number of rotatable bonds is 7. The quantitative estimate of drug-likeness (QED) is 0.404. The maximum absolute atomic E-state index is 12.5. The molecule has 4 rings (SSSR count). The van der Waals surface area contributed by atoms with E-state index in [0.29, 0.717) is 29.3 Å². The highest BCUT2D eigenvalue weighted by atomic mass is 32.3. The highest BCUT2D eigenvalue weighted by Gasteiger charge is 2.34. The van der Waals surface area contributed by atoms with E-state index in [1.807, 2.05) is 39.0 Å². The lowest BCUT2D eigenvalue weighted by Gasteiger charge is -2.42. The first-order chi connectivity index (χ1) is 17.1. The first-order valence-electron chi connectivity index (χ1n) is 11.9. The summed E-state index contributed by atoms with van der Waals surface area (Å²) in [5, 5.41) is 9.62. The number of hydrogen-bond donors (Lipinski definition) is 3. The lowest BCUT2D eigenvalue weighted by Crippen LogP contribution is -2.33. The zero-order valence-corrected chi connectivity index (χ0v) is 21.4. The van der Waals surface area contributed by atoms with E-state index in [-0.39, 0.29) is 24.6 Å². The third kappa shape index (κ3) is 5.34. The summed E-state index contributed by atoms with van der Waals surface area (Å²) in [4.78, 5) is 24.5. The number of carboxylic acids is 1. The van der Waals surface area contributed by atoms with Crippen LogP contribution in [0.5, 0.6) is 5.75 Å². The second kappa shape index (κ2) is 10.5. The Morgan fingerprint density at radius 2 is 1.86 bits per heavy atom. The van der Waals surface area contributed by atoms with Gasteiger partial charge in [0.05, 0.1) is 13.0 Å². The lowest BCUT2D eigenvalue weighted by atomic mass is 9.87. The molecule has 1 unspecified atom stereocenters. The summed E-state index contributed by atoms with van der Waals surface area (Å²) in [6, 6.07) is 15.9. The second-order valence-electron chi connectivity index (χ2n) is 9.14. The standard InChI is InChI=1S/C27H32N2O6S/c1-4-28-12-11-21(14-26(28)30)23(15-27(31)32)20-10-9-18(2)22(13-20)17-29-16-19(3)35-24-7-5-6-8-25(24)36(29,33)34/h5-14,19,23,33-34H,4,15-17H2,1-3H3,(H,31,32)/t19-,23?/m1/s1. The fourth-order valence-electron chi connectivity index (χ4n) is 4.58. The van der Waals surface area contributed by atoms with Crippen molar-refractivity contribution in [1.82, 2.24) is 8.87 Å². The average molecular weight is 513 g/mol. The molecule has 3 N–H and O–H groups in total. The van der Waals surface area contributed by atoms with Crippen LogP contribution < -0.4 is 10.3 Å². The second-order valence-corrected chi connectivity index (χ2v) is 11.1. The normalized spacial score (nSPS) is 19.0. The Bertz CT molecular complexity index is 1320. The number of para-hydroxylation sites is 1. The predicted molar refractivity (Wildman–Crippen MR) is 140 cm³/mol. The number of aryl methyl sites for hydroxylation is 2. The van der Waals surface area contributed by atoms with Crippen molar-refractivity contribution in [3.63, 3.8) is 0 Å². The van der Waals surface area contributed by atoms with Crippen LogP contribution in [0.3, 0.4) is 0 Å². The predicted octanol–water partition coefficient (Wildman–Crippen LogP) is 5.09. The molecule has 2 heterocycles. The zero-order chi connectivity index (χ0) is 26.0. The molecule has 0 saturated carbocycles. The Kier molecular flexibility index (Phi) is 7.56. The molecule has 0 amide bonds. The molecular weight excluding hydrogens is 480 g/mol. The van der Waals surface area contributed by atoms with Gasteiger partial charge in [-0.1, -0.05) is 30.3 Å². The monoisotopic (exact) mass is 512 g/mol. The molecule has 0 saturated heterocycles. The first kappa shape index (κ1) is 26.0. The summed E-state index contributed by atoms with van der Waals surface area (Å²) in [6.07, 6.45) is 1.25. The minimum Gasteiger partial charge on any atom is -0.487 e. The maximum Gasteiger partial charge on any atom is 0.304 e. The molecule has 0 radical (unpaired) electrons. The molecule has 8 nitrogen and oxygen atoms in total. The molecule has 9 heteroatoms. The molecular formula is C27H32N2O6S. The van der Waals surface area contributed by atoms with Gasteiger partial charge in [-0.15, -0.1) is 10.8 Å². The smallest absolute Gasteiger partial charge is 0.304 e. The van der Waals surface area contributed by atoms with Crippen LogP contribution >= 0.6 is 10.8 Å². The van der Waals surface area contributed by atoms with Gasteiger partial charge in [0.15, 0.2) is 0 Å². The van der Waals surface area contributed by atoms with E-state index in [1.54, 1.807) is 45.4 Å². The average Bonchev–Trinajstić information content (AvgIpc) is 2.92. The molecule has 2 aromatic carbocycles. The molecule has 0 bridgehead atoms. The summed E-state index contributed by atoms with van der Waals surface area (Å²) in [5.41, 5.74) is 3.00. The van der Waals surface area contributed by atoms with Crippen LogP contribution in [-0.2, 0) is 17.9 Å². The highest BCUT2D eigenvalue weighted by Crippen LogP contribution is 2.57. The van der Waals surface area contributed by atoms with Gasteiger partial charge in [-0.25, -0.2) is 0 Å². The van der Waals surface area contributed by atoms with E-state index in [9.17, 15) is 23.8 Å². The third-order valence-corrected chi connectivity index (χ3v) is 8.48. The summed E-state index contributed by atoms with van der Waals surface area (Å²) in [7, 11) is -3.31. The third-order valence-electron chi connectivity index (χ3n) is 6.56. The topological polar surface area (TPSA) is 112 Å². The Hall–Kier alpha value is -3.11. The van der Waals surface area contributed by atoms with Crippen molar-refractivity contribution in [3.8, 4) is 5.75 Å². The molecule has 1 aromatic heterocycles. The molecule has 0 fully saturated rings. The molecule has 192 valence electrons. The SMILES string of the molecule is CCn1ccc(C(CC(=O)O)c2ccc(C)c(CN3C[C@@H](C)Oc4ccccc4S3(O)O)c2)cc1=O. The van der Waals surface area contributed by atoms with Gasteiger partial charge in [0.2, 0.25) is 0 Å². The van der Waals surface area contributed by atoms with Crippen LogP contribution in [-0.4, -0.2) is 41.7 Å². The summed E-state index contributed by atoms with van der Waals surface area (Å²) >= 11 is 0. The van der Waals surface area contributed by atoms with Crippen LogP contribution in [0.15, 0.2) is 70.5 Å². The summed E-state index contributed by atoms with van der Waals surface area (Å²) < 4.78 is 31.7. The minimum absolute atomic E-state index is 0.171. The number of hydrogen-bond acceptors (Lipinski definition) is 6. The molecule has 1 aliphatic heterocycles. The minimum atomic E-state index is -3.31. The lowest BCUT2D eigenvalue weighted by molar-refractivity contribution is -0.137.